The van der Waals surface area contributed by atoms with E-state index < -0.39 is 5.63 Å². The van der Waals surface area contributed by atoms with Gasteiger partial charge in [0.05, 0.1) is 0 Å². The number of amides is 1. The van der Waals surface area contributed by atoms with E-state index in [-0.39, 0.29) is 12.5 Å². The average molecular weight is 261 g/mol. The van der Waals surface area contributed by atoms with Crippen LogP contribution < -0.4 is 15.7 Å². The van der Waals surface area contributed by atoms with Gasteiger partial charge in [0, 0.05) is 24.1 Å². The molecule has 5 heteroatoms. The van der Waals surface area contributed by atoms with Gasteiger partial charge in [-0.3, -0.25) is 4.79 Å². The maximum absolute atomic E-state index is 11.4. The first-order valence-corrected chi connectivity index (χ1v) is 5.90. The normalized spacial score (nSPS) is 10.5. The van der Waals surface area contributed by atoms with Crippen molar-refractivity contribution in [3.8, 4) is 5.75 Å². The quantitative estimate of drug-likeness (QED) is 0.851. The molecular formula is C14H15NO4. The Morgan fingerprint density at radius 1 is 1.37 bits per heavy atom. The van der Waals surface area contributed by atoms with Gasteiger partial charge < -0.3 is 14.5 Å². The van der Waals surface area contributed by atoms with Crippen molar-refractivity contribution < 1.29 is 13.9 Å². The minimum Gasteiger partial charge on any atom is -0.483 e. The smallest absolute Gasteiger partial charge is 0.336 e. The van der Waals surface area contributed by atoms with Gasteiger partial charge in [0.1, 0.15) is 11.3 Å². The average Bonchev–Trinajstić information content (AvgIpc) is 2.38. The van der Waals surface area contributed by atoms with Crippen LogP contribution in [0, 0.1) is 13.8 Å². The number of aryl methyl sites for hydroxylation is 2. The summed E-state index contributed by atoms with van der Waals surface area (Å²) in [5.41, 5.74) is 1.67. The summed E-state index contributed by atoms with van der Waals surface area (Å²) in [6, 6.07) is 5.04. The van der Waals surface area contributed by atoms with Crippen LogP contribution in [0.4, 0.5) is 0 Å². The Kier molecular flexibility index (Phi) is 3.55. The van der Waals surface area contributed by atoms with Gasteiger partial charge in [0.25, 0.3) is 5.91 Å². The standard InChI is InChI=1S/C14H15NO4/c1-8-6-13(17)19-14-9(2)11(5-4-10(8)14)18-7-12(16)15-3/h4-6H,7H2,1-3H3,(H,15,16). The summed E-state index contributed by atoms with van der Waals surface area (Å²) in [5.74, 6) is 0.315. The van der Waals surface area contributed by atoms with E-state index in [4.69, 9.17) is 9.15 Å². The lowest BCUT2D eigenvalue weighted by Crippen LogP contribution is -2.25. The highest BCUT2D eigenvalue weighted by Gasteiger charge is 2.10. The van der Waals surface area contributed by atoms with Crippen LogP contribution in [-0.2, 0) is 4.79 Å². The van der Waals surface area contributed by atoms with Crippen LogP contribution in [0.25, 0.3) is 11.0 Å². The topological polar surface area (TPSA) is 68.5 Å². The number of fused-ring (bicyclic) bond motifs is 1. The Bertz CT molecular complexity index is 688. The summed E-state index contributed by atoms with van der Waals surface area (Å²) >= 11 is 0. The van der Waals surface area contributed by atoms with E-state index in [0.717, 1.165) is 10.9 Å². The minimum absolute atomic E-state index is 0.0705. The van der Waals surface area contributed by atoms with Crippen LogP contribution in [-0.4, -0.2) is 19.6 Å². The molecule has 1 heterocycles. The number of rotatable bonds is 3. The number of nitrogens with one attached hydrogen (secondary N) is 1. The molecular weight excluding hydrogens is 246 g/mol. The molecule has 0 atom stereocenters. The summed E-state index contributed by atoms with van der Waals surface area (Å²) in [5, 5.41) is 3.34. The first-order valence-electron chi connectivity index (χ1n) is 5.90. The van der Waals surface area contributed by atoms with Crippen LogP contribution in [0.15, 0.2) is 27.4 Å². The molecule has 0 aliphatic carbocycles. The molecule has 1 aromatic heterocycles. The van der Waals surface area contributed by atoms with Crippen molar-refractivity contribution in [3.05, 3.63) is 39.7 Å². The van der Waals surface area contributed by atoms with Crippen molar-refractivity contribution in [2.24, 2.45) is 0 Å². The molecule has 100 valence electrons. The van der Waals surface area contributed by atoms with Gasteiger partial charge >= 0.3 is 5.63 Å². The predicted molar refractivity (Wildman–Crippen MR) is 71.5 cm³/mol. The first-order chi connectivity index (χ1) is 9.02. The minimum atomic E-state index is -0.392. The molecule has 0 bridgehead atoms. The maximum Gasteiger partial charge on any atom is 0.336 e. The van der Waals surface area contributed by atoms with E-state index in [9.17, 15) is 9.59 Å². The third-order valence-electron chi connectivity index (χ3n) is 2.96. The fourth-order valence-electron chi connectivity index (χ4n) is 1.87. The molecule has 0 aliphatic rings. The van der Waals surface area contributed by atoms with E-state index in [2.05, 4.69) is 5.32 Å². The number of carbonyl (C=O) groups excluding carboxylic acids is 1. The zero-order valence-corrected chi connectivity index (χ0v) is 11.1. The molecule has 0 radical (unpaired) electrons. The van der Waals surface area contributed by atoms with E-state index >= 15 is 0 Å². The highest BCUT2D eigenvalue weighted by Crippen LogP contribution is 2.27. The Balaban J connectivity index is 2.45. The monoisotopic (exact) mass is 261 g/mol. The Morgan fingerprint density at radius 2 is 2.11 bits per heavy atom. The van der Waals surface area contributed by atoms with Gasteiger partial charge in [0.2, 0.25) is 0 Å². The molecule has 0 unspecified atom stereocenters. The molecule has 0 aliphatic heterocycles. The second-order valence-corrected chi connectivity index (χ2v) is 4.28. The van der Waals surface area contributed by atoms with Gasteiger partial charge in [0.15, 0.2) is 6.61 Å². The van der Waals surface area contributed by atoms with E-state index in [1.165, 1.54) is 6.07 Å². The van der Waals surface area contributed by atoms with Crippen LogP contribution in [0.1, 0.15) is 11.1 Å². The number of hydrogen-bond donors (Lipinski definition) is 1. The summed E-state index contributed by atoms with van der Waals surface area (Å²) in [6.07, 6.45) is 0. The second-order valence-electron chi connectivity index (χ2n) is 4.28. The molecule has 19 heavy (non-hydrogen) atoms. The van der Waals surface area contributed by atoms with Gasteiger partial charge in [-0.05, 0) is 31.5 Å². The lowest BCUT2D eigenvalue weighted by Gasteiger charge is -2.10. The Morgan fingerprint density at radius 3 is 2.79 bits per heavy atom. The van der Waals surface area contributed by atoms with E-state index in [0.29, 0.717) is 16.9 Å². The molecule has 1 N–H and O–H groups in total. The fraction of sp³-hybridized carbons (Fsp3) is 0.286. The van der Waals surface area contributed by atoms with Gasteiger partial charge in [-0.2, -0.15) is 0 Å². The molecule has 2 aromatic rings. The van der Waals surface area contributed by atoms with Crippen molar-refractivity contribution in [3.63, 3.8) is 0 Å². The van der Waals surface area contributed by atoms with Gasteiger partial charge in [-0.15, -0.1) is 0 Å². The predicted octanol–water partition coefficient (Wildman–Crippen LogP) is 1.53. The zero-order chi connectivity index (χ0) is 14.0. The lowest BCUT2D eigenvalue weighted by atomic mass is 10.1. The third kappa shape index (κ3) is 2.59. The summed E-state index contributed by atoms with van der Waals surface area (Å²) < 4.78 is 10.6. The van der Waals surface area contributed by atoms with Gasteiger partial charge in [-0.1, -0.05) is 0 Å². The van der Waals surface area contributed by atoms with Crippen LogP contribution in [0.5, 0.6) is 5.75 Å². The summed E-state index contributed by atoms with van der Waals surface area (Å²) in [4.78, 5) is 22.6. The Hall–Kier alpha value is -2.30. The summed E-state index contributed by atoms with van der Waals surface area (Å²) in [7, 11) is 1.54. The molecule has 0 spiro atoms. The van der Waals surface area contributed by atoms with Crippen LogP contribution >= 0.6 is 0 Å². The number of benzene rings is 1. The third-order valence-corrected chi connectivity index (χ3v) is 2.96. The number of carbonyl (C=O) groups is 1. The van der Waals surface area contributed by atoms with Crippen LogP contribution in [0.3, 0.4) is 0 Å². The fourth-order valence-corrected chi connectivity index (χ4v) is 1.87. The highest BCUT2D eigenvalue weighted by atomic mass is 16.5. The molecule has 0 saturated heterocycles. The first kappa shape index (κ1) is 13.1. The largest absolute Gasteiger partial charge is 0.483 e. The molecule has 5 nitrogen and oxygen atoms in total. The number of hydrogen-bond acceptors (Lipinski definition) is 4. The Labute approximate surface area is 110 Å². The van der Waals surface area contributed by atoms with E-state index in [1.807, 2.05) is 13.0 Å². The van der Waals surface area contributed by atoms with Gasteiger partial charge in [-0.25, -0.2) is 4.79 Å². The van der Waals surface area contributed by atoms with Crippen LogP contribution in [0.2, 0.25) is 0 Å². The summed E-state index contributed by atoms with van der Waals surface area (Å²) in [6.45, 7) is 3.58. The zero-order valence-electron chi connectivity index (χ0n) is 11.1. The number of ether oxygens (including phenoxy) is 1. The number of likely N-dealkylation sites (N-methyl/N-ethyl adjacent to an activating group) is 1. The van der Waals surface area contributed by atoms with Crippen molar-refractivity contribution >= 4 is 16.9 Å². The van der Waals surface area contributed by atoms with Crippen molar-refractivity contribution in [2.75, 3.05) is 13.7 Å². The SMILES string of the molecule is CNC(=O)COc1ccc2c(C)cc(=O)oc2c1C. The lowest BCUT2D eigenvalue weighted by molar-refractivity contribution is -0.122. The van der Waals surface area contributed by atoms with Crippen molar-refractivity contribution in [2.45, 2.75) is 13.8 Å². The molecule has 2 rings (SSSR count). The second kappa shape index (κ2) is 5.14. The molecule has 0 saturated carbocycles. The molecule has 0 fully saturated rings. The highest BCUT2D eigenvalue weighted by molar-refractivity contribution is 5.85. The van der Waals surface area contributed by atoms with E-state index in [1.54, 1.807) is 20.0 Å². The maximum atomic E-state index is 11.4. The van der Waals surface area contributed by atoms with Crippen molar-refractivity contribution in [1.29, 1.82) is 0 Å². The molecule has 1 amide bonds. The van der Waals surface area contributed by atoms with Crippen molar-refractivity contribution in [1.82, 2.24) is 5.32 Å². The molecule has 1 aromatic carbocycles.